The van der Waals surface area contributed by atoms with Gasteiger partial charge < -0.3 is 9.64 Å². The van der Waals surface area contributed by atoms with Gasteiger partial charge in [0.25, 0.3) is 0 Å². The molecular formula is C20H24N2O. The van der Waals surface area contributed by atoms with Gasteiger partial charge in [0.1, 0.15) is 6.73 Å². The Morgan fingerprint density at radius 3 is 3.13 bits per heavy atom. The smallest absolute Gasteiger partial charge is 0.119 e. The maximum Gasteiger partial charge on any atom is 0.119 e. The molecule has 3 heteroatoms. The van der Waals surface area contributed by atoms with Crippen LogP contribution in [0.1, 0.15) is 25.3 Å². The average molecular weight is 308 g/mol. The zero-order valence-corrected chi connectivity index (χ0v) is 13.7. The fraction of sp³-hybridized carbons (Fsp3) is 0.600. The van der Waals surface area contributed by atoms with Gasteiger partial charge >= 0.3 is 0 Å². The minimum absolute atomic E-state index is 0.362. The molecule has 1 aromatic rings. The van der Waals surface area contributed by atoms with Crippen molar-refractivity contribution >= 4 is 5.69 Å². The van der Waals surface area contributed by atoms with Crippen LogP contribution >= 0.6 is 0 Å². The summed E-state index contributed by atoms with van der Waals surface area (Å²) in [5.74, 6) is 1.40. The lowest BCUT2D eigenvalue weighted by Gasteiger charge is -2.58. The van der Waals surface area contributed by atoms with E-state index in [2.05, 4.69) is 47.1 Å². The molecule has 4 fully saturated rings. The minimum Gasteiger partial charge on any atom is -0.361 e. The summed E-state index contributed by atoms with van der Waals surface area (Å²) in [7, 11) is 0. The van der Waals surface area contributed by atoms with Crippen LogP contribution in [0.5, 0.6) is 0 Å². The highest BCUT2D eigenvalue weighted by Gasteiger charge is 2.67. The van der Waals surface area contributed by atoms with Gasteiger partial charge in [-0.1, -0.05) is 29.8 Å². The molecule has 1 saturated carbocycles. The molecule has 1 aliphatic carbocycles. The molecule has 0 unspecified atom stereocenters. The van der Waals surface area contributed by atoms with Crippen LogP contribution < -0.4 is 4.90 Å². The Morgan fingerprint density at radius 2 is 2.22 bits per heavy atom. The van der Waals surface area contributed by atoms with Gasteiger partial charge in [-0.05, 0) is 43.9 Å². The maximum atomic E-state index is 6.10. The van der Waals surface area contributed by atoms with Gasteiger partial charge in [0.2, 0.25) is 0 Å². The number of rotatable bonds is 0. The summed E-state index contributed by atoms with van der Waals surface area (Å²) in [6.45, 7) is 6.43. The van der Waals surface area contributed by atoms with Crippen molar-refractivity contribution in [3.05, 3.63) is 41.5 Å². The van der Waals surface area contributed by atoms with Crippen molar-refractivity contribution in [1.29, 1.82) is 0 Å². The topological polar surface area (TPSA) is 15.7 Å². The number of ether oxygens (including phenoxy) is 1. The summed E-state index contributed by atoms with van der Waals surface area (Å²) < 4.78 is 6.10. The molecule has 0 radical (unpaired) electrons. The van der Waals surface area contributed by atoms with Gasteiger partial charge in [0.15, 0.2) is 0 Å². The molecule has 6 rings (SSSR count). The Kier molecular flexibility index (Phi) is 2.38. The Bertz CT molecular complexity index is 713. The normalized spacial score (nSPS) is 45.3. The molecule has 5 atom stereocenters. The van der Waals surface area contributed by atoms with Crippen molar-refractivity contribution in [3.63, 3.8) is 0 Å². The highest BCUT2D eigenvalue weighted by Crippen LogP contribution is 2.63. The first-order valence-electron chi connectivity index (χ1n) is 9.17. The van der Waals surface area contributed by atoms with E-state index in [1.54, 1.807) is 11.1 Å². The Balaban J connectivity index is 1.62. The number of fused-ring (bicyclic) bond motifs is 4. The summed E-state index contributed by atoms with van der Waals surface area (Å²) in [4.78, 5) is 5.41. The quantitative estimate of drug-likeness (QED) is 0.686. The molecule has 0 N–H and O–H groups in total. The van der Waals surface area contributed by atoms with Gasteiger partial charge in [0, 0.05) is 35.6 Å². The first-order valence-corrected chi connectivity index (χ1v) is 9.17. The number of allylic oxidation sites excluding steroid dienone is 1. The lowest BCUT2D eigenvalue weighted by atomic mass is 9.55. The van der Waals surface area contributed by atoms with Crippen LogP contribution in [0.4, 0.5) is 5.69 Å². The molecule has 3 nitrogen and oxygen atoms in total. The Hall–Kier alpha value is -1.32. The molecule has 5 aliphatic rings. The summed E-state index contributed by atoms with van der Waals surface area (Å²) in [5.41, 5.74) is 5.11. The fourth-order valence-corrected chi connectivity index (χ4v) is 6.87. The summed E-state index contributed by atoms with van der Waals surface area (Å²) in [6.07, 6.45) is 5.07. The van der Waals surface area contributed by atoms with Crippen LogP contribution in [0.25, 0.3) is 0 Å². The van der Waals surface area contributed by atoms with E-state index in [4.69, 9.17) is 4.74 Å². The molecule has 4 heterocycles. The fourth-order valence-electron chi connectivity index (χ4n) is 6.87. The summed E-state index contributed by atoms with van der Waals surface area (Å²) in [6, 6.07) is 10.6. The van der Waals surface area contributed by atoms with Gasteiger partial charge in [-0.2, -0.15) is 0 Å². The van der Waals surface area contributed by atoms with Gasteiger partial charge in [0.05, 0.1) is 6.61 Å². The zero-order valence-electron chi connectivity index (χ0n) is 13.7. The van der Waals surface area contributed by atoms with E-state index in [0.29, 0.717) is 17.4 Å². The monoisotopic (exact) mass is 308 g/mol. The lowest BCUT2D eigenvalue weighted by molar-refractivity contribution is -0.0405. The molecule has 23 heavy (non-hydrogen) atoms. The van der Waals surface area contributed by atoms with Gasteiger partial charge in [-0.3, -0.25) is 4.90 Å². The second-order valence-corrected chi connectivity index (χ2v) is 8.08. The van der Waals surface area contributed by atoms with E-state index in [0.717, 1.165) is 25.3 Å². The second-order valence-electron chi connectivity index (χ2n) is 8.08. The number of nitrogens with zero attached hydrogens (tertiary/aromatic N) is 2. The van der Waals surface area contributed by atoms with E-state index in [9.17, 15) is 0 Å². The molecule has 4 aliphatic heterocycles. The molecule has 0 aromatic heterocycles. The van der Waals surface area contributed by atoms with Crippen molar-refractivity contribution < 1.29 is 4.74 Å². The van der Waals surface area contributed by atoms with E-state index < -0.39 is 0 Å². The molecule has 1 spiro atoms. The van der Waals surface area contributed by atoms with Crippen LogP contribution in [-0.2, 0) is 10.2 Å². The molecule has 2 bridgehead atoms. The van der Waals surface area contributed by atoms with Crippen molar-refractivity contribution in [2.24, 2.45) is 11.8 Å². The number of piperidine rings is 1. The van der Waals surface area contributed by atoms with Crippen LogP contribution in [-0.4, -0.2) is 43.4 Å². The van der Waals surface area contributed by atoms with Crippen molar-refractivity contribution in [2.45, 2.75) is 37.3 Å². The zero-order chi connectivity index (χ0) is 15.2. The van der Waals surface area contributed by atoms with Crippen molar-refractivity contribution in [3.8, 4) is 0 Å². The van der Waals surface area contributed by atoms with E-state index >= 15 is 0 Å². The maximum absolute atomic E-state index is 6.10. The third-order valence-electron chi connectivity index (χ3n) is 7.60. The minimum atomic E-state index is 0.362. The molecule has 0 amide bonds. The molecule has 120 valence electrons. The highest BCUT2D eigenvalue weighted by molar-refractivity contribution is 5.67. The Labute approximate surface area is 137 Å². The van der Waals surface area contributed by atoms with Gasteiger partial charge in [-0.15, -0.1) is 0 Å². The standard InChI is InChI=1S/C20H24N2O/c1-2-13-10-21-8-7-20-16-5-3-4-6-17(16)22-12-23-11-15(19(20)22)14(13)9-18(20)21/h2-6,14-15,18-19H,7-12H2,1H3/t14-,15+,18-,19-,20+/m0/s1. The number of benzene rings is 1. The number of para-hydroxylation sites is 1. The van der Waals surface area contributed by atoms with Crippen molar-refractivity contribution in [1.82, 2.24) is 4.90 Å². The van der Waals surface area contributed by atoms with Crippen LogP contribution in [0.15, 0.2) is 35.9 Å². The second kappa shape index (κ2) is 4.20. The Morgan fingerprint density at radius 1 is 1.30 bits per heavy atom. The van der Waals surface area contributed by atoms with Gasteiger partial charge in [-0.25, -0.2) is 0 Å². The predicted octanol–water partition coefficient (Wildman–Crippen LogP) is 2.77. The van der Waals surface area contributed by atoms with E-state index in [1.165, 1.54) is 31.6 Å². The van der Waals surface area contributed by atoms with E-state index in [-0.39, 0.29) is 0 Å². The third kappa shape index (κ3) is 1.33. The molecule has 3 saturated heterocycles. The first kappa shape index (κ1) is 13.0. The SMILES string of the molecule is CC=C1CN2CC[C@]34c5ccccc5N5COC[C@@H]([C@H]53)[C@H]1C[C@H]24. The van der Waals surface area contributed by atoms with Crippen molar-refractivity contribution in [2.75, 3.05) is 31.3 Å². The number of hydrogen-bond acceptors (Lipinski definition) is 3. The van der Waals surface area contributed by atoms with Crippen LogP contribution in [0.2, 0.25) is 0 Å². The lowest BCUT2D eigenvalue weighted by Crippen LogP contribution is -2.66. The predicted molar refractivity (Wildman–Crippen MR) is 90.5 cm³/mol. The molecular weight excluding hydrogens is 284 g/mol. The third-order valence-corrected chi connectivity index (χ3v) is 7.60. The average Bonchev–Trinajstić information content (AvgIpc) is 3.14. The number of anilines is 1. The first-order chi connectivity index (χ1) is 11.3. The van der Waals surface area contributed by atoms with E-state index in [1.807, 2.05) is 0 Å². The van der Waals surface area contributed by atoms with Crippen LogP contribution in [0.3, 0.4) is 0 Å². The number of hydrogen-bond donors (Lipinski definition) is 0. The largest absolute Gasteiger partial charge is 0.361 e. The summed E-state index contributed by atoms with van der Waals surface area (Å²) in [5, 5.41) is 0. The van der Waals surface area contributed by atoms with Crippen LogP contribution in [0, 0.1) is 11.8 Å². The highest BCUT2D eigenvalue weighted by atomic mass is 16.5. The summed E-state index contributed by atoms with van der Waals surface area (Å²) >= 11 is 0. The molecule has 1 aromatic carbocycles.